The molecular formula is C12H22N2O4. The minimum absolute atomic E-state index is 0.0781. The third kappa shape index (κ3) is 4.91. The predicted molar refractivity (Wildman–Crippen MR) is 66.5 cm³/mol. The summed E-state index contributed by atoms with van der Waals surface area (Å²) in [6.45, 7) is 4.73. The van der Waals surface area contributed by atoms with Gasteiger partial charge >= 0.3 is 12.0 Å². The van der Waals surface area contributed by atoms with Crippen molar-refractivity contribution in [1.29, 1.82) is 0 Å². The van der Waals surface area contributed by atoms with Crippen LogP contribution >= 0.6 is 0 Å². The first-order valence-corrected chi connectivity index (χ1v) is 6.41. The number of carboxylic acids is 1. The van der Waals surface area contributed by atoms with Gasteiger partial charge in [0.1, 0.15) is 6.54 Å². The molecule has 0 aromatic carbocycles. The van der Waals surface area contributed by atoms with E-state index in [9.17, 15) is 9.59 Å². The average Bonchev–Trinajstić information content (AvgIpc) is 2.27. The monoisotopic (exact) mass is 258 g/mol. The van der Waals surface area contributed by atoms with E-state index in [1.54, 1.807) is 0 Å². The number of urea groups is 1. The number of ether oxygens (including phenoxy) is 1. The maximum Gasteiger partial charge on any atom is 0.323 e. The number of hydrogen-bond donors (Lipinski definition) is 2. The average molecular weight is 258 g/mol. The largest absolute Gasteiger partial charge is 0.480 e. The van der Waals surface area contributed by atoms with Crippen molar-refractivity contribution < 1.29 is 19.4 Å². The van der Waals surface area contributed by atoms with Gasteiger partial charge < -0.3 is 20.1 Å². The molecule has 1 rings (SSSR count). The molecular weight excluding hydrogens is 236 g/mol. The lowest BCUT2D eigenvalue weighted by atomic mass is 10.0. The minimum Gasteiger partial charge on any atom is -0.480 e. The Morgan fingerprint density at radius 3 is 2.78 bits per heavy atom. The Kier molecular flexibility index (Phi) is 5.91. The molecule has 104 valence electrons. The lowest BCUT2D eigenvalue weighted by molar-refractivity contribution is -0.137. The molecule has 1 saturated heterocycles. The molecule has 1 heterocycles. The van der Waals surface area contributed by atoms with E-state index >= 15 is 0 Å². The molecule has 0 aromatic rings. The van der Waals surface area contributed by atoms with Crippen molar-refractivity contribution in [3.05, 3.63) is 0 Å². The van der Waals surface area contributed by atoms with Crippen molar-refractivity contribution in [2.45, 2.75) is 45.3 Å². The Morgan fingerprint density at radius 2 is 2.22 bits per heavy atom. The van der Waals surface area contributed by atoms with Crippen molar-refractivity contribution in [3.8, 4) is 0 Å². The van der Waals surface area contributed by atoms with Crippen LogP contribution in [0.25, 0.3) is 0 Å². The first-order chi connectivity index (χ1) is 8.52. The Bertz CT molecular complexity index is 296. The van der Waals surface area contributed by atoms with Crippen LogP contribution in [-0.4, -0.2) is 53.8 Å². The van der Waals surface area contributed by atoms with Crippen molar-refractivity contribution in [2.24, 2.45) is 0 Å². The van der Waals surface area contributed by atoms with Gasteiger partial charge in [0.15, 0.2) is 0 Å². The fourth-order valence-electron chi connectivity index (χ4n) is 2.08. The molecule has 1 fully saturated rings. The van der Waals surface area contributed by atoms with Crippen molar-refractivity contribution >= 4 is 12.0 Å². The lowest BCUT2D eigenvalue weighted by Crippen LogP contribution is -2.49. The zero-order chi connectivity index (χ0) is 13.5. The molecule has 0 spiro atoms. The lowest BCUT2D eigenvalue weighted by Gasteiger charge is -2.30. The zero-order valence-corrected chi connectivity index (χ0v) is 11.0. The van der Waals surface area contributed by atoms with Crippen molar-refractivity contribution in [2.75, 3.05) is 19.7 Å². The molecule has 1 aliphatic heterocycles. The van der Waals surface area contributed by atoms with Gasteiger partial charge in [-0.15, -0.1) is 0 Å². The van der Waals surface area contributed by atoms with Gasteiger partial charge in [0, 0.05) is 19.2 Å². The quantitative estimate of drug-likeness (QED) is 0.773. The van der Waals surface area contributed by atoms with E-state index in [4.69, 9.17) is 9.84 Å². The van der Waals surface area contributed by atoms with Gasteiger partial charge in [-0.2, -0.15) is 0 Å². The summed E-state index contributed by atoms with van der Waals surface area (Å²) in [5.74, 6) is -0.987. The van der Waals surface area contributed by atoms with E-state index in [2.05, 4.69) is 5.32 Å². The highest BCUT2D eigenvalue weighted by molar-refractivity contribution is 5.80. The number of aliphatic carboxylic acids is 1. The van der Waals surface area contributed by atoms with Crippen LogP contribution in [0.5, 0.6) is 0 Å². The van der Waals surface area contributed by atoms with Gasteiger partial charge in [-0.25, -0.2) is 4.79 Å². The maximum absolute atomic E-state index is 12.0. The van der Waals surface area contributed by atoms with Crippen LogP contribution in [0.4, 0.5) is 4.79 Å². The van der Waals surface area contributed by atoms with Gasteiger partial charge in [-0.1, -0.05) is 6.92 Å². The fraction of sp³-hybridized carbons (Fsp3) is 0.833. The summed E-state index contributed by atoms with van der Waals surface area (Å²) < 4.78 is 5.40. The number of rotatable bonds is 5. The summed E-state index contributed by atoms with van der Waals surface area (Å²) in [5, 5.41) is 11.6. The van der Waals surface area contributed by atoms with Crippen LogP contribution in [0.15, 0.2) is 0 Å². The Morgan fingerprint density at radius 1 is 1.50 bits per heavy atom. The van der Waals surface area contributed by atoms with Gasteiger partial charge in [0.25, 0.3) is 0 Å². The molecule has 2 N–H and O–H groups in total. The molecule has 2 atom stereocenters. The molecule has 0 aliphatic carbocycles. The second-order valence-electron chi connectivity index (χ2n) is 4.67. The number of amides is 2. The molecule has 6 nitrogen and oxygen atoms in total. The SMILES string of the molecule is CCCN(CC(=O)O)C(=O)NC1CCOC(C)C1. The number of nitrogens with zero attached hydrogens (tertiary/aromatic N) is 1. The molecule has 0 bridgehead atoms. The first-order valence-electron chi connectivity index (χ1n) is 6.41. The number of hydrogen-bond acceptors (Lipinski definition) is 3. The van der Waals surface area contributed by atoms with E-state index in [0.717, 1.165) is 19.3 Å². The highest BCUT2D eigenvalue weighted by Crippen LogP contribution is 2.13. The van der Waals surface area contributed by atoms with E-state index in [0.29, 0.717) is 13.2 Å². The van der Waals surface area contributed by atoms with E-state index in [1.165, 1.54) is 4.90 Å². The van der Waals surface area contributed by atoms with Gasteiger partial charge in [0.2, 0.25) is 0 Å². The molecule has 2 amide bonds. The summed E-state index contributed by atoms with van der Waals surface area (Å²) in [5.41, 5.74) is 0. The third-order valence-corrected chi connectivity index (χ3v) is 2.92. The molecule has 6 heteroatoms. The highest BCUT2D eigenvalue weighted by Gasteiger charge is 2.23. The molecule has 0 saturated carbocycles. The fourth-order valence-corrected chi connectivity index (χ4v) is 2.08. The van der Waals surface area contributed by atoms with Crippen LogP contribution in [0.2, 0.25) is 0 Å². The van der Waals surface area contributed by atoms with Crippen molar-refractivity contribution in [1.82, 2.24) is 10.2 Å². The first kappa shape index (κ1) is 14.8. The normalized spacial score (nSPS) is 23.4. The second kappa shape index (κ2) is 7.20. The van der Waals surface area contributed by atoms with Crippen LogP contribution in [0, 0.1) is 0 Å². The molecule has 18 heavy (non-hydrogen) atoms. The number of nitrogens with one attached hydrogen (secondary N) is 1. The van der Waals surface area contributed by atoms with E-state index < -0.39 is 5.97 Å². The number of carboxylic acid groups (broad SMARTS) is 1. The molecule has 1 aliphatic rings. The smallest absolute Gasteiger partial charge is 0.323 e. The predicted octanol–water partition coefficient (Wildman–Crippen LogP) is 1.06. The highest BCUT2D eigenvalue weighted by atomic mass is 16.5. The second-order valence-corrected chi connectivity index (χ2v) is 4.67. The van der Waals surface area contributed by atoms with Gasteiger partial charge in [0.05, 0.1) is 6.10 Å². The van der Waals surface area contributed by atoms with Crippen LogP contribution in [0.3, 0.4) is 0 Å². The van der Waals surface area contributed by atoms with Gasteiger partial charge in [-0.05, 0) is 26.2 Å². The van der Waals surface area contributed by atoms with Crippen molar-refractivity contribution in [3.63, 3.8) is 0 Å². The Hall–Kier alpha value is -1.30. The minimum atomic E-state index is -0.987. The summed E-state index contributed by atoms with van der Waals surface area (Å²) in [4.78, 5) is 24.0. The van der Waals surface area contributed by atoms with E-state index in [1.807, 2.05) is 13.8 Å². The molecule has 2 unspecified atom stereocenters. The summed E-state index contributed by atoms with van der Waals surface area (Å²) in [6, 6.07) is -0.215. The van der Waals surface area contributed by atoms with E-state index in [-0.39, 0.29) is 24.7 Å². The summed E-state index contributed by atoms with van der Waals surface area (Å²) >= 11 is 0. The summed E-state index contributed by atoms with van der Waals surface area (Å²) in [6.07, 6.45) is 2.44. The topological polar surface area (TPSA) is 78.9 Å². The number of carbonyl (C=O) groups excluding carboxylic acids is 1. The maximum atomic E-state index is 12.0. The Balaban J connectivity index is 2.46. The molecule has 0 aromatic heterocycles. The van der Waals surface area contributed by atoms with Gasteiger partial charge in [-0.3, -0.25) is 4.79 Å². The van der Waals surface area contributed by atoms with Crippen LogP contribution in [0.1, 0.15) is 33.1 Å². The molecule has 0 radical (unpaired) electrons. The standard InChI is InChI=1S/C12H22N2O4/c1-3-5-14(8-11(15)16)12(17)13-10-4-6-18-9(2)7-10/h9-10H,3-8H2,1-2H3,(H,13,17)(H,15,16). The summed E-state index contributed by atoms with van der Waals surface area (Å²) in [7, 11) is 0. The van der Waals surface area contributed by atoms with Crippen LogP contribution < -0.4 is 5.32 Å². The zero-order valence-electron chi connectivity index (χ0n) is 11.0. The number of carbonyl (C=O) groups is 2. The third-order valence-electron chi connectivity index (χ3n) is 2.92. The van der Waals surface area contributed by atoms with Crippen LogP contribution in [-0.2, 0) is 9.53 Å². The Labute approximate surface area is 107 Å².